The van der Waals surface area contributed by atoms with E-state index in [-0.39, 0.29) is 17.4 Å². The van der Waals surface area contributed by atoms with Crippen LogP contribution in [0.5, 0.6) is 0 Å². The van der Waals surface area contributed by atoms with Crippen LogP contribution in [-0.4, -0.2) is 33.0 Å². The van der Waals surface area contributed by atoms with Crippen molar-refractivity contribution >= 4 is 5.97 Å². The van der Waals surface area contributed by atoms with E-state index in [0.29, 0.717) is 31.1 Å². The second-order valence-corrected chi connectivity index (χ2v) is 11.7. The first-order valence-corrected chi connectivity index (χ1v) is 12.6. The first-order chi connectivity index (χ1) is 14.9. The Kier molecular flexibility index (Phi) is 7.77. The van der Waals surface area contributed by atoms with Crippen molar-refractivity contribution in [3.63, 3.8) is 0 Å². The van der Waals surface area contributed by atoms with Crippen molar-refractivity contribution in [3.05, 3.63) is 35.5 Å². The number of carboxylic acid groups (broad SMARTS) is 1. The fourth-order valence-electron chi connectivity index (χ4n) is 6.94. The zero-order valence-corrected chi connectivity index (χ0v) is 20.6. The lowest BCUT2D eigenvalue weighted by Crippen LogP contribution is -2.39. The van der Waals surface area contributed by atoms with E-state index in [1.807, 2.05) is 0 Å². The second kappa shape index (κ2) is 9.85. The van der Waals surface area contributed by atoms with Gasteiger partial charge in [0.15, 0.2) is 0 Å². The van der Waals surface area contributed by atoms with Crippen molar-refractivity contribution in [1.82, 2.24) is 0 Å². The molecule has 3 N–H and O–H groups in total. The first kappa shape index (κ1) is 25.2. The highest BCUT2D eigenvalue weighted by Gasteiger charge is 2.52. The molecule has 0 spiro atoms. The number of allylic oxidation sites excluding steroid dienone is 4. The van der Waals surface area contributed by atoms with Gasteiger partial charge in [-0.2, -0.15) is 0 Å². The third-order valence-corrected chi connectivity index (χ3v) is 8.88. The summed E-state index contributed by atoms with van der Waals surface area (Å²) in [5.41, 5.74) is 3.13. The van der Waals surface area contributed by atoms with Gasteiger partial charge in [0.2, 0.25) is 0 Å². The molecule has 0 saturated heterocycles. The quantitative estimate of drug-likeness (QED) is 0.447. The van der Waals surface area contributed by atoms with Crippen LogP contribution >= 0.6 is 0 Å². The smallest absolute Gasteiger partial charge is 0.306 e. The molecule has 0 amide bonds. The SMILES string of the molecule is C=C1CC[C@H](O)C/C1=C/C=C1CCC[C@@]2(C)C1CC[C@@H]2[C@H](C)C(CCC(C)(C)O)C(=O)O. The Morgan fingerprint density at radius 3 is 2.62 bits per heavy atom. The van der Waals surface area contributed by atoms with Crippen LogP contribution in [0.2, 0.25) is 0 Å². The van der Waals surface area contributed by atoms with Crippen LogP contribution < -0.4 is 0 Å². The van der Waals surface area contributed by atoms with Gasteiger partial charge in [0.1, 0.15) is 0 Å². The molecular weight excluding hydrogens is 400 g/mol. The van der Waals surface area contributed by atoms with E-state index in [9.17, 15) is 20.1 Å². The molecule has 3 aliphatic rings. The van der Waals surface area contributed by atoms with Gasteiger partial charge in [-0.25, -0.2) is 0 Å². The van der Waals surface area contributed by atoms with Gasteiger partial charge in [0.05, 0.1) is 17.6 Å². The summed E-state index contributed by atoms with van der Waals surface area (Å²) in [6.07, 6.45) is 13.3. The minimum Gasteiger partial charge on any atom is -0.481 e. The van der Waals surface area contributed by atoms with E-state index in [0.717, 1.165) is 50.5 Å². The van der Waals surface area contributed by atoms with Gasteiger partial charge in [0.25, 0.3) is 0 Å². The number of aliphatic hydroxyl groups is 2. The Bertz CT molecular complexity index is 771. The number of carbonyl (C=O) groups is 1. The number of hydrogen-bond donors (Lipinski definition) is 3. The van der Waals surface area contributed by atoms with Crippen LogP contribution in [0.3, 0.4) is 0 Å². The van der Waals surface area contributed by atoms with Crippen LogP contribution in [0.4, 0.5) is 0 Å². The minimum absolute atomic E-state index is 0.0934. The molecule has 6 atom stereocenters. The van der Waals surface area contributed by atoms with Crippen molar-refractivity contribution < 1.29 is 20.1 Å². The Morgan fingerprint density at radius 1 is 1.25 bits per heavy atom. The van der Waals surface area contributed by atoms with Crippen molar-refractivity contribution in [1.29, 1.82) is 0 Å². The summed E-state index contributed by atoms with van der Waals surface area (Å²) in [4.78, 5) is 12.1. The number of rotatable bonds is 7. The highest BCUT2D eigenvalue weighted by atomic mass is 16.4. The van der Waals surface area contributed by atoms with Crippen molar-refractivity contribution in [2.24, 2.45) is 29.1 Å². The number of aliphatic hydroxyl groups excluding tert-OH is 1. The molecule has 3 fully saturated rings. The van der Waals surface area contributed by atoms with Crippen LogP contribution in [0.25, 0.3) is 0 Å². The number of fused-ring (bicyclic) bond motifs is 1. The molecule has 0 aliphatic heterocycles. The Morgan fingerprint density at radius 2 is 1.97 bits per heavy atom. The van der Waals surface area contributed by atoms with E-state index < -0.39 is 17.5 Å². The summed E-state index contributed by atoms with van der Waals surface area (Å²) in [6.45, 7) is 12.2. The topological polar surface area (TPSA) is 77.8 Å². The Balaban J connectivity index is 1.78. The zero-order valence-electron chi connectivity index (χ0n) is 20.6. The maximum absolute atomic E-state index is 12.1. The van der Waals surface area contributed by atoms with Crippen LogP contribution in [-0.2, 0) is 4.79 Å². The van der Waals surface area contributed by atoms with E-state index in [1.54, 1.807) is 13.8 Å². The molecule has 0 aromatic carbocycles. The summed E-state index contributed by atoms with van der Waals surface area (Å²) in [7, 11) is 0. The van der Waals surface area contributed by atoms with E-state index in [1.165, 1.54) is 11.1 Å². The zero-order chi connectivity index (χ0) is 23.7. The molecule has 0 radical (unpaired) electrons. The molecule has 3 aliphatic carbocycles. The molecule has 0 aromatic heterocycles. The summed E-state index contributed by atoms with van der Waals surface area (Å²) in [5.74, 6) is -0.148. The average molecular weight is 445 g/mol. The Hall–Kier alpha value is -1.39. The van der Waals surface area contributed by atoms with Gasteiger partial charge in [-0.15, -0.1) is 0 Å². The molecule has 4 heteroatoms. The van der Waals surface area contributed by atoms with Gasteiger partial charge in [-0.3, -0.25) is 4.79 Å². The lowest BCUT2D eigenvalue weighted by Gasteiger charge is -2.45. The summed E-state index contributed by atoms with van der Waals surface area (Å²) in [5, 5.41) is 30.2. The summed E-state index contributed by atoms with van der Waals surface area (Å²) >= 11 is 0. The number of aliphatic carboxylic acids is 1. The standard InChI is InChI=1S/C28H44O4/c1-18-8-11-22(29)17-21(18)10-9-20-7-6-15-28(5)24(12-13-25(20)28)19(2)23(26(30)31)14-16-27(3,4)32/h9-10,19,22-25,29,32H,1,6-8,11-17H2,2-5H3,(H,30,31)/b20-9?,21-10-/t19-,22+,23?,24-,25?,28-/m1/s1. The maximum atomic E-state index is 12.1. The Labute approximate surface area is 194 Å². The molecule has 4 nitrogen and oxygen atoms in total. The molecule has 3 rings (SSSR count). The fourth-order valence-corrected chi connectivity index (χ4v) is 6.94. The van der Waals surface area contributed by atoms with Gasteiger partial charge in [0, 0.05) is 0 Å². The van der Waals surface area contributed by atoms with Crippen LogP contribution in [0.1, 0.15) is 91.9 Å². The summed E-state index contributed by atoms with van der Waals surface area (Å²) < 4.78 is 0. The molecule has 32 heavy (non-hydrogen) atoms. The maximum Gasteiger partial charge on any atom is 0.306 e. The van der Waals surface area contributed by atoms with E-state index >= 15 is 0 Å². The lowest BCUT2D eigenvalue weighted by molar-refractivity contribution is -0.145. The van der Waals surface area contributed by atoms with Crippen molar-refractivity contribution in [2.75, 3.05) is 0 Å². The van der Waals surface area contributed by atoms with Gasteiger partial charge in [-0.05, 0) is 107 Å². The van der Waals surface area contributed by atoms with Crippen molar-refractivity contribution in [2.45, 2.75) is 104 Å². The molecule has 2 unspecified atom stereocenters. The second-order valence-electron chi connectivity index (χ2n) is 11.7. The highest BCUT2D eigenvalue weighted by molar-refractivity contribution is 5.70. The normalized spacial score (nSPS) is 35.7. The summed E-state index contributed by atoms with van der Waals surface area (Å²) in [6, 6.07) is 0. The van der Waals surface area contributed by atoms with Crippen LogP contribution in [0.15, 0.2) is 35.5 Å². The van der Waals surface area contributed by atoms with E-state index in [2.05, 4.69) is 32.6 Å². The third-order valence-electron chi connectivity index (χ3n) is 8.88. The first-order valence-electron chi connectivity index (χ1n) is 12.6. The number of carboxylic acids is 1. The van der Waals surface area contributed by atoms with Crippen molar-refractivity contribution in [3.8, 4) is 0 Å². The average Bonchev–Trinajstić information content (AvgIpc) is 3.05. The molecule has 3 saturated carbocycles. The van der Waals surface area contributed by atoms with E-state index in [4.69, 9.17) is 0 Å². The van der Waals surface area contributed by atoms with Gasteiger partial charge in [-0.1, -0.05) is 43.7 Å². The van der Waals surface area contributed by atoms with Gasteiger partial charge >= 0.3 is 5.97 Å². The highest BCUT2D eigenvalue weighted by Crippen LogP contribution is 2.60. The van der Waals surface area contributed by atoms with Gasteiger partial charge < -0.3 is 15.3 Å². The monoisotopic (exact) mass is 444 g/mol. The third kappa shape index (κ3) is 5.56. The largest absolute Gasteiger partial charge is 0.481 e. The van der Waals surface area contributed by atoms with Crippen LogP contribution in [0, 0.1) is 29.1 Å². The number of hydrogen-bond acceptors (Lipinski definition) is 3. The molecule has 180 valence electrons. The predicted octanol–water partition coefficient (Wildman–Crippen LogP) is 6.04. The molecule has 0 heterocycles. The predicted molar refractivity (Wildman–Crippen MR) is 129 cm³/mol. The molecular formula is C28H44O4. The fraction of sp³-hybridized carbons (Fsp3) is 0.750. The molecule has 0 aromatic rings. The minimum atomic E-state index is -0.833. The lowest BCUT2D eigenvalue weighted by atomic mass is 9.59. The molecule has 0 bridgehead atoms.